The van der Waals surface area contributed by atoms with Crippen molar-refractivity contribution in [3.8, 4) is 0 Å². The highest BCUT2D eigenvalue weighted by molar-refractivity contribution is 6.19. The molecule has 0 saturated heterocycles. The third-order valence-electron chi connectivity index (χ3n) is 2.24. The van der Waals surface area contributed by atoms with E-state index in [-0.39, 0.29) is 23.7 Å². The van der Waals surface area contributed by atoms with E-state index >= 15 is 0 Å². The quantitative estimate of drug-likeness (QED) is 0.839. The molecule has 0 radical (unpaired) electrons. The molecule has 8 heteroatoms. The number of carbonyl (C=O) groups excluding carboxylic acids is 2. The van der Waals surface area contributed by atoms with Crippen LogP contribution in [-0.2, 0) is 15.8 Å². The van der Waals surface area contributed by atoms with Crippen LogP contribution >= 0.6 is 11.6 Å². The minimum atomic E-state index is -4.65. The molecular weight excluding hydrogens is 297 g/mol. The van der Waals surface area contributed by atoms with E-state index in [0.717, 1.165) is 12.1 Å². The van der Waals surface area contributed by atoms with Crippen molar-refractivity contribution in [3.05, 3.63) is 23.8 Å². The summed E-state index contributed by atoms with van der Waals surface area (Å²) in [5.74, 6) is -1.09. The standard InChI is InChI=1S/C12H12ClF3N2O2/c1-7(19)17-8-2-3-10(18-11(20)4-5-13)9(6-8)12(14,15)16/h2-3,6H,4-5H2,1H3,(H,17,19)(H,18,20). The number of hydrogen-bond acceptors (Lipinski definition) is 2. The molecule has 0 saturated carbocycles. The first-order chi connectivity index (χ1) is 9.24. The molecular formula is C12H12ClF3N2O2. The van der Waals surface area contributed by atoms with Crippen LogP contribution in [0.5, 0.6) is 0 Å². The summed E-state index contributed by atoms with van der Waals surface area (Å²) in [6.45, 7) is 1.18. The number of hydrogen-bond donors (Lipinski definition) is 2. The van der Waals surface area contributed by atoms with Gasteiger partial charge in [0.25, 0.3) is 0 Å². The Balaban J connectivity index is 3.10. The maximum absolute atomic E-state index is 12.9. The maximum atomic E-state index is 12.9. The van der Waals surface area contributed by atoms with Gasteiger partial charge in [-0.2, -0.15) is 13.2 Å². The van der Waals surface area contributed by atoms with E-state index in [2.05, 4.69) is 10.6 Å². The molecule has 0 fully saturated rings. The van der Waals surface area contributed by atoms with Gasteiger partial charge in [0, 0.05) is 24.9 Å². The zero-order valence-electron chi connectivity index (χ0n) is 10.5. The largest absolute Gasteiger partial charge is 0.418 e. The fraction of sp³-hybridized carbons (Fsp3) is 0.333. The van der Waals surface area contributed by atoms with Crippen molar-refractivity contribution >= 4 is 34.8 Å². The predicted molar refractivity (Wildman–Crippen MR) is 69.7 cm³/mol. The van der Waals surface area contributed by atoms with E-state index in [1.54, 1.807) is 0 Å². The Morgan fingerprint density at radius 1 is 1.25 bits per heavy atom. The van der Waals surface area contributed by atoms with Crippen molar-refractivity contribution in [2.24, 2.45) is 0 Å². The minimum Gasteiger partial charge on any atom is -0.326 e. The van der Waals surface area contributed by atoms with Crippen LogP contribution in [-0.4, -0.2) is 17.7 Å². The van der Waals surface area contributed by atoms with Crippen LogP contribution in [0.3, 0.4) is 0 Å². The first kappa shape index (κ1) is 16.3. The first-order valence-corrected chi connectivity index (χ1v) is 6.12. The Morgan fingerprint density at radius 3 is 2.40 bits per heavy atom. The van der Waals surface area contributed by atoms with Crippen LogP contribution in [0, 0.1) is 0 Å². The highest BCUT2D eigenvalue weighted by Crippen LogP contribution is 2.36. The third kappa shape index (κ3) is 4.73. The fourth-order valence-corrected chi connectivity index (χ4v) is 1.64. The minimum absolute atomic E-state index is 0.000155. The van der Waals surface area contributed by atoms with E-state index in [1.165, 1.54) is 13.0 Å². The van der Waals surface area contributed by atoms with E-state index in [9.17, 15) is 22.8 Å². The van der Waals surface area contributed by atoms with Gasteiger partial charge >= 0.3 is 6.18 Å². The molecule has 0 unspecified atom stereocenters. The maximum Gasteiger partial charge on any atom is 0.418 e. The Kier molecular flexibility index (Phi) is 5.38. The van der Waals surface area contributed by atoms with Crippen LogP contribution in [0.15, 0.2) is 18.2 Å². The van der Waals surface area contributed by atoms with Crippen molar-refractivity contribution in [1.29, 1.82) is 0 Å². The highest BCUT2D eigenvalue weighted by Gasteiger charge is 2.34. The third-order valence-corrected chi connectivity index (χ3v) is 2.43. The monoisotopic (exact) mass is 308 g/mol. The summed E-state index contributed by atoms with van der Waals surface area (Å²) in [7, 11) is 0. The van der Waals surface area contributed by atoms with E-state index in [0.29, 0.717) is 0 Å². The smallest absolute Gasteiger partial charge is 0.326 e. The van der Waals surface area contributed by atoms with Crippen molar-refractivity contribution in [3.63, 3.8) is 0 Å². The fourth-order valence-electron chi connectivity index (χ4n) is 1.47. The molecule has 0 aliphatic carbocycles. The molecule has 20 heavy (non-hydrogen) atoms. The number of halogens is 4. The molecule has 0 aliphatic heterocycles. The van der Waals surface area contributed by atoms with Crippen LogP contribution in [0.2, 0.25) is 0 Å². The second kappa shape index (κ2) is 6.60. The number of carbonyl (C=O) groups is 2. The van der Waals surface area contributed by atoms with Crippen molar-refractivity contribution in [2.45, 2.75) is 19.5 Å². The van der Waals surface area contributed by atoms with Gasteiger partial charge in [-0.15, -0.1) is 11.6 Å². The molecule has 0 aliphatic rings. The average Bonchev–Trinajstić information content (AvgIpc) is 2.29. The van der Waals surface area contributed by atoms with Gasteiger partial charge in [0.1, 0.15) is 0 Å². The number of amides is 2. The summed E-state index contributed by atoms with van der Waals surface area (Å²) in [4.78, 5) is 22.2. The number of benzene rings is 1. The molecule has 1 aromatic carbocycles. The predicted octanol–water partition coefficient (Wildman–Crippen LogP) is 3.23. The molecule has 0 bridgehead atoms. The van der Waals surface area contributed by atoms with Crippen molar-refractivity contribution in [2.75, 3.05) is 16.5 Å². The summed E-state index contributed by atoms with van der Waals surface area (Å²) < 4.78 is 38.7. The van der Waals surface area contributed by atoms with Gasteiger partial charge in [-0.3, -0.25) is 9.59 Å². The van der Waals surface area contributed by atoms with Crippen LogP contribution < -0.4 is 10.6 Å². The molecule has 2 amide bonds. The van der Waals surface area contributed by atoms with Crippen molar-refractivity contribution < 1.29 is 22.8 Å². The first-order valence-electron chi connectivity index (χ1n) is 5.58. The number of anilines is 2. The number of rotatable bonds is 4. The van der Waals surface area contributed by atoms with Crippen LogP contribution in [0.1, 0.15) is 18.9 Å². The molecule has 1 aromatic rings. The lowest BCUT2D eigenvalue weighted by atomic mass is 10.1. The molecule has 1 rings (SSSR count). The topological polar surface area (TPSA) is 58.2 Å². The van der Waals surface area contributed by atoms with Gasteiger partial charge in [0.2, 0.25) is 11.8 Å². The zero-order chi connectivity index (χ0) is 15.3. The molecule has 4 nitrogen and oxygen atoms in total. The normalized spacial score (nSPS) is 11.1. The van der Waals surface area contributed by atoms with Gasteiger partial charge in [-0.1, -0.05) is 0 Å². The molecule has 0 aromatic heterocycles. The average molecular weight is 309 g/mol. The van der Waals surface area contributed by atoms with Gasteiger partial charge < -0.3 is 10.6 Å². The van der Waals surface area contributed by atoms with Crippen LogP contribution in [0.4, 0.5) is 24.5 Å². The van der Waals surface area contributed by atoms with Gasteiger partial charge in [0.05, 0.1) is 11.3 Å². The molecule has 110 valence electrons. The van der Waals surface area contributed by atoms with Gasteiger partial charge in [0.15, 0.2) is 0 Å². The van der Waals surface area contributed by atoms with Crippen molar-refractivity contribution in [1.82, 2.24) is 0 Å². The summed E-state index contributed by atoms with van der Waals surface area (Å²) in [6, 6.07) is 3.12. The van der Waals surface area contributed by atoms with E-state index in [1.807, 2.05) is 0 Å². The summed E-state index contributed by atoms with van der Waals surface area (Å²) in [6.07, 6.45) is -4.75. The van der Waals surface area contributed by atoms with E-state index in [4.69, 9.17) is 11.6 Å². The Morgan fingerprint density at radius 2 is 1.90 bits per heavy atom. The molecule has 0 spiro atoms. The Bertz CT molecular complexity index is 518. The Labute approximate surface area is 118 Å². The zero-order valence-corrected chi connectivity index (χ0v) is 11.2. The highest BCUT2D eigenvalue weighted by atomic mass is 35.5. The van der Waals surface area contributed by atoms with Gasteiger partial charge in [-0.05, 0) is 18.2 Å². The summed E-state index contributed by atoms with van der Waals surface area (Å²) in [5, 5.41) is 4.39. The van der Waals surface area contributed by atoms with Crippen LogP contribution in [0.25, 0.3) is 0 Å². The second-order valence-electron chi connectivity index (χ2n) is 3.93. The Hall–Kier alpha value is -1.76. The summed E-state index contributed by atoms with van der Waals surface area (Å²) >= 11 is 5.34. The second-order valence-corrected chi connectivity index (χ2v) is 4.30. The van der Waals surface area contributed by atoms with E-state index < -0.39 is 23.6 Å². The lowest BCUT2D eigenvalue weighted by Crippen LogP contribution is -2.17. The molecule has 0 heterocycles. The SMILES string of the molecule is CC(=O)Nc1ccc(NC(=O)CCCl)c(C(F)(F)F)c1. The summed E-state index contributed by atoms with van der Waals surface area (Å²) in [5.41, 5.74) is -1.41. The lowest BCUT2D eigenvalue weighted by Gasteiger charge is -2.15. The van der Waals surface area contributed by atoms with Gasteiger partial charge in [-0.25, -0.2) is 0 Å². The molecule has 2 N–H and O–H groups in total. The lowest BCUT2D eigenvalue weighted by molar-refractivity contribution is -0.137. The number of nitrogens with one attached hydrogen (secondary N) is 2. The molecule has 0 atom stereocenters. The number of alkyl halides is 4.